The van der Waals surface area contributed by atoms with Gasteiger partial charge in [-0.25, -0.2) is 4.98 Å². The average Bonchev–Trinajstić information content (AvgIpc) is 2.60. The van der Waals surface area contributed by atoms with Gasteiger partial charge in [-0.3, -0.25) is 9.69 Å². The molecule has 1 amide bonds. The largest absolute Gasteiger partial charge is 0.417 e. The van der Waals surface area contributed by atoms with Crippen molar-refractivity contribution < 1.29 is 22.7 Å². The Morgan fingerprint density at radius 1 is 1.35 bits per heavy atom. The van der Waals surface area contributed by atoms with Crippen LogP contribution in [0.1, 0.15) is 19.4 Å². The fourth-order valence-electron chi connectivity index (χ4n) is 2.74. The molecule has 1 saturated heterocycles. The predicted octanol–water partition coefficient (Wildman–Crippen LogP) is 2.67. The highest BCUT2D eigenvalue weighted by atomic mass is 32.2. The highest BCUT2D eigenvalue weighted by Gasteiger charge is 2.30. The van der Waals surface area contributed by atoms with Gasteiger partial charge >= 0.3 is 6.18 Å². The quantitative estimate of drug-likeness (QED) is 0.725. The Hall–Kier alpha value is -1.32. The van der Waals surface area contributed by atoms with Crippen molar-refractivity contribution in [3.8, 4) is 0 Å². The number of hydrogen-bond donors (Lipinski definition) is 1. The van der Waals surface area contributed by atoms with Crippen molar-refractivity contribution in [3.05, 3.63) is 23.9 Å². The van der Waals surface area contributed by atoms with Gasteiger partial charge in [-0.05, 0) is 18.1 Å². The zero-order chi connectivity index (χ0) is 19.2. The standard InChI is InChI=1S/C17H24F3N3O2S/c1-12(2)14(23-5-7-25-8-6-23)10-21-15(24)11-26-16-4-3-13(9-22-16)17(18,19)20/h3-4,9,12,14H,5-8,10-11H2,1-2H3,(H,21,24). The van der Waals surface area contributed by atoms with Crippen molar-refractivity contribution >= 4 is 17.7 Å². The molecule has 26 heavy (non-hydrogen) atoms. The molecule has 0 bridgehead atoms. The Bertz CT molecular complexity index is 576. The van der Waals surface area contributed by atoms with Gasteiger partial charge in [0.05, 0.1) is 29.6 Å². The second kappa shape index (κ2) is 9.57. The number of carbonyl (C=O) groups is 1. The molecule has 0 radical (unpaired) electrons. The van der Waals surface area contributed by atoms with Crippen molar-refractivity contribution in [2.45, 2.75) is 31.1 Å². The lowest BCUT2D eigenvalue weighted by Crippen LogP contribution is -2.51. The number of pyridine rings is 1. The van der Waals surface area contributed by atoms with E-state index in [1.165, 1.54) is 6.07 Å². The molecule has 1 N–H and O–H groups in total. The smallest absolute Gasteiger partial charge is 0.379 e. The molecule has 9 heteroatoms. The first kappa shape index (κ1) is 21.0. The van der Waals surface area contributed by atoms with Crippen LogP contribution in [0.15, 0.2) is 23.4 Å². The van der Waals surface area contributed by atoms with Crippen LogP contribution in [0.25, 0.3) is 0 Å². The highest BCUT2D eigenvalue weighted by Crippen LogP contribution is 2.29. The number of carbonyl (C=O) groups excluding carboxylic acids is 1. The molecule has 1 aliphatic rings. The summed E-state index contributed by atoms with van der Waals surface area (Å²) in [4.78, 5) is 18.1. The molecule has 2 heterocycles. The Morgan fingerprint density at radius 3 is 2.58 bits per heavy atom. The molecule has 1 atom stereocenters. The fourth-order valence-corrected chi connectivity index (χ4v) is 3.41. The lowest BCUT2D eigenvalue weighted by atomic mass is 10.0. The van der Waals surface area contributed by atoms with Crippen LogP contribution >= 0.6 is 11.8 Å². The van der Waals surface area contributed by atoms with E-state index in [2.05, 4.69) is 29.0 Å². The molecular weight excluding hydrogens is 367 g/mol. The summed E-state index contributed by atoms with van der Waals surface area (Å²) in [7, 11) is 0. The molecule has 1 unspecified atom stereocenters. The highest BCUT2D eigenvalue weighted by molar-refractivity contribution is 7.99. The number of thioether (sulfide) groups is 1. The molecule has 5 nitrogen and oxygen atoms in total. The zero-order valence-corrected chi connectivity index (χ0v) is 15.7. The van der Waals surface area contributed by atoms with Gasteiger partial charge in [0.2, 0.25) is 5.91 Å². The second-order valence-electron chi connectivity index (χ2n) is 6.44. The third-order valence-electron chi connectivity index (χ3n) is 4.21. The summed E-state index contributed by atoms with van der Waals surface area (Å²) in [6.07, 6.45) is -3.62. The molecule has 1 aromatic rings. The normalized spacial score (nSPS) is 17.3. The van der Waals surface area contributed by atoms with E-state index in [1.54, 1.807) is 0 Å². The first-order chi connectivity index (χ1) is 12.3. The number of aromatic nitrogens is 1. The summed E-state index contributed by atoms with van der Waals surface area (Å²) in [5.74, 6) is 0.347. The van der Waals surface area contributed by atoms with E-state index in [0.29, 0.717) is 30.7 Å². The summed E-state index contributed by atoms with van der Waals surface area (Å²) in [5, 5.41) is 3.31. The number of alkyl halides is 3. The third kappa shape index (κ3) is 6.44. The number of nitrogens with zero attached hydrogens (tertiary/aromatic N) is 2. The predicted molar refractivity (Wildman–Crippen MR) is 94.0 cm³/mol. The summed E-state index contributed by atoms with van der Waals surface area (Å²) in [5.41, 5.74) is -0.795. The minimum Gasteiger partial charge on any atom is -0.379 e. The van der Waals surface area contributed by atoms with Gasteiger partial charge in [-0.2, -0.15) is 13.2 Å². The van der Waals surface area contributed by atoms with Gasteiger partial charge in [-0.15, -0.1) is 0 Å². The van der Waals surface area contributed by atoms with Gasteiger partial charge in [0, 0.05) is 31.9 Å². The van der Waals surface area contributed by atoms with Gasteiger partial charge in [0.15, 0.2) is 0 Å². The number of halogens is 3. The molecule has 0 aliphatic carbocycles. The molecule has 0 saturated carbocycles. The van der Waals surface area contributed by atoms with Crippen molar-refractivity contribution in [3.63, 3.8) is 0 Å². The zero-order valence-electron chi connectivity index (χ0n) is 14.9. The van der Waals surface area contributed by atoms with E-state index >= 15 is 0 Å². The van der Waals surface area contributed by atoms with E-state index in [9.17, 15) is 18.0 Å². The van der Waals surface area contributed by atoms with Gasteiger partial charge < -0.3 is 10.1 Å². The van der Waals surface area contributed by atoms with Crippen LogP contribution in [-0.2, 0) is 15.7 Å². The third-order valence-corrected chi connectivity index (χ3v) is 5.15. The summed E-state index contributed by atoms with van der Waals surface area (Å²) in [6, 6.07) is 2.49. The minimum absolute atomic E-state index is 0.117. The summed E-state index contributed by atoms with van der Waals surface area (Å²) < 4.78 is 42.9. The molecular formula is C17H24F3N3O2S. The topological polar surface area (TPSA) is 54.5 Å². The maximum atomic E-state index is 12.5. The Balaban J connectivity index is 1.78. The number of hydrogen-bond acceptors (Lipinski definition) is 5. The number of amides is 1. The van der Waals surface area contributed by atoms with Crippen LogP contribution in [0.2, 0.25) is 0 Å². The van der Waals surface area contributed by atoms with Crippen LogP contribution in [-0.4, -0.2) is 60.4 Å². The Morgan fingerprint density at radius 2 is 2.04 bits per heavy atom. The second-order valence-corrected chi connectivity index (χ2v) is 7.43. The van der Waals surface area contributed by atoms with E-state index in [-0.39, 0.29) is 17.7 Å². The van der Waals surface area contributed by atoms with Crippen LogP contribution < -0.4 is 5.32 Å². The number of morpholine rings is 1. The maximum absolute atomic E-state index is 12.5. The lowest BCUT2D eigenvalue weighted by Gasteiger charge is -2.36. The van der Waals surface area contributed by atoms with Crippen molar-refractivity contribution in [1.29, 1.82) is 0 Å². The molecule has 2 rings (SSSR count). The first-order valence-corrected chi connectivity index (χ1v) is 9.50. The lowest BCUT2D eigenvalue weighted by molar-refractivity contribution is -0.137. The number of rotatable bonds is 7. The molecule has 1 fully saturated rings. The Labute approximate surface area is 155 Å². The van der Waals surface area contributed by atoms with Crippen molar-refractivity contribution in [1.82, 2.24) is 15.2 Å². The Kier molecular flexibility index (Phi) is 7.72. The van der Waals surface area contributed by atoms with Crippen LogP contribution in [0.4, 0.5) is 13.2 Å². The molecule has 0 spiro atoms. The molecule has 0 aromatic carbocycles. The van der Waals surface area contributed by atoms with Crippen LogP contribution in [0.3, 0.4) is 0 Å². The van der Waals surface area contributed by atoms with E-state index in [0.717, 1.165) is 37.1 Å². The maximum Gasteiger partial charge on any atom is 0.417 e. The first-order valence-electron chi connectivity index (χ1n) is 8.52. The van der Waals surface area contributed by atoms with E-state index in [1.807, 2.05) is 0 Å². The monoisotopic (exact) mass is 391 g/mol. The van der Waals surface area contributed by atoms with Crippen molar-refractivity contribution in [2.75, 3.05) is 38.6 Å². The fraction of sp³-hybridized carbons (Fsp3) is 0.647. The minimum atomic E-state index is -4.40. The van der Waals surface area contributed by atoms with E-state index in [4.69, 9.17) is 4.74 Å². The van der Waals surface area contributed by atoms with E-state index < -0.39 is 11.7 Å². The SMILES string of the molecule is CC(C)C(CNC(=O)CSc1ccc(C(F)(F)F)cn1)N1CCOCC1. The number of nitrogens with one attached hydrogen (secondary N) is 1. The molecule has 146 valence electrons. The van der Waals surface area contributed by atoms with Crippen LogP contribution in [0, 0.1) is 5.92 Å². The summed E-state index contributed by atoms with van der Waals surface area (Å²) in [6.45, 7) is 7.88. The van der Waals surface area contributed by atoms with Gasteiger partial charge in [0.25, 0.3) is 0 Å². The molecule has 1 aliphatic heterocycles. The van der Waals surface area contributed by atoms with Crippen molar-refractivity contribution in [2.24, 2.45) is 5.92 Å². The summed E-state index contributed by atoms with van der Waals surface area (Å²) >= 11 is 1.12. The number of ether oxygens (including phenoxy) is 1. The van der Waals surface area contributed by atoms with Crippen LogP contribution in [0.5, 0.6) is 0 Å². The van der Waals surface area contributed by atoms with Gasteiger partial charge in [0.1, 0.15) is 0 Å². The molecule has 1 aromatic heterocycles. The average molecular weight is 391 g/mol. The van der Waals surface area contributed by atoms with Gasteiger partial charge in [-0.1, -0.05) is 25.6 Å².